The second-order valence-electron chi connectivity index (χ2n) is 3.31. The molecule has 1 aliphatic rings. The molecule has 0 spiro atoms. The monoisotopic (exact) mass is 298 g/mol. The lowest BCUT2D eigenvalue weighted by atomic mass is 10.3. The highest BCUT2D eigenvalue weighted by Crippen LogP contribution is 2.39. The summed E-state index contributed by atoms with van der Waals surface area (Å²) >= 11 is -2.40. The third-order valence-corrected chi connectivity index (χ3v) is 4.51. The van der Waals surface area contributed by atoms with Crippen LogP contribution in [0.15, 0.2) is 32.4 Å². The number of nitrogens with one attached hydrogen (secondary N) is 1. The van der Waals surface area contributed by atoms with Crippen LogP contribution in [0.4, 0.5) is 18.9 Å². The van der Waals surface area contributed by atoms with Crippen LogP contribution in [-0.2, 0) is 21.1 Å². The lowest BCUT2D eigenvalue weighted by molar-refractivity contribution is -0.0370. The van der Waals surface area contributed by atoms with Gasteiger partial charge in [-0.15, -0.1) is 13.2 Å². The predicted molar refractivity (Wildman–Crippen MR) is 61.6 cm³/mol. The van der Waals surface area contributed by atoms with Crippen molar-refractivity contribution in [2.24, 2.45) is 9.54 Å². The summed E-state index contributed by atoms with van der Waals surface area (Å²) in [4.78, 5) is -0.613. The molecule has 0 bridgehead atoms. The summed E-state index contributed by atoms with van der Waals surface area (Å²) in [6.07, 6.45) is 0.940. The molecule has 0 amide bonds. The van der Waals surface area contributed by atoms with E-state index in [4.69, 9.17) is 5.14 Å². The number of hydrogen-bond acceptors (Lipinski definition) is 4. The van der Waals surface area contributed by atoms with Crippen molar-refractivity contribution in [3.63, 3.8) is 0 Å². The molecule has 1 atom stereocenters. The highest BCUT2D eigenvalue weighted by molar-refractivity contribution is 7.97. The Balaban J connectivity index is 2.58. The number of anilines is 1. The number of halogens is 3. The molecular weight excluding hydrogens is 291 g/mol. The summed E-state index contributed by atoms with van der Waals surface area (Å²) < 4.78 is 63.7. The number of hydrogen-bond donors (Lipinski definition) is 2. The van der Waals surface area contributed by atoms with Crippen LogP contribution >= 0.6 is 0 Å². The molecular formula is C8H7F3N3O2S2+. The van der Waals surface area contributed by atoms with Gasteiger partial charge in [-0.2, -0.15) is 0 Å². The number of fused-ring (bicyclic) bond motifs is 1. The Labute approximate surface area is 103 Å². The Morgan fingerprint density at radius 3 is 2.56 bits per heavy atom. The minimum atomic E-state index is -4.57. The van der Waals surface area contributed by atoms with Crippen LogP contribution in [0.2, 0.25) is 0 Å². The summed E-state index contributed by atoms with van der Waals surface area (Å²) in [5.74, 6) is 0. The molecule has 0 fully saturated rings. The minimum absolute atomic E-state index is 0.165. The summed E-state index contributed by atoms with van der Waals surface area (Å²) in [7, 11) is -4.05. The van der Waals surface area contributed by atoms with Crippen molar-refractivity contribution in [3.8, 4) is 0 Å². The van der Waals surface area contributed by atoms with Crippen molar-refractivity contribution in [2.75, 3.05) is 5.32 Å². The average molecular weight is 298 g/mol. The van der Waals surface area contributed by atoms with Crippen molar-refractivity contribution >= 4 is 33.1 Å². The molecule has 18 heavy (non-hydrogen) atoms. The first-order valence-electron chi connectivity index (χ1n) is 4.47. The number of sulfonamides is 1. The molecule has 0 aliphatic carbocycles. The van der Waals surface area contributed by atoms with Crippen molar-refractivity contribution in [3.05, 3.63) is 18.2 Å². The third-order valence-electron chi connectivity index (χ3n) is 2.09. The van der Waals surface area contributed by atoms with E-state index in [1.54, 1.807) is 0 Å². The SMILES string of the molecule is NS(=O)(=O)c1ccc2c(c1)[S+](C(F)(F)F)N=CN2. The van der Waals surface area contributed by atoms with E-state index in [9.17, 15) is 21.6 Å². The van der Waals surface area contributed by atoms with Gasteiger partial charge in [-0.05, 0) is 16.5 Å². The smallest absolute Gasteiger partial charge is 0.338 e. The van der Waals surface area contributed by atoms with E-state index < -0.39 is 26.6 Å². The van der Waals surface area contributed by atoms with E-state index >= 15 is 0 Å². The average Bonchev–Trinajstić information content (AvgIpc) is 2.25. The van der Waals surface area contributed by atoms with Gasteiger partial charge in [-0.3, -0.25) is 0 Å². The number of nitrogens with two attached hydrogens (primary N) is 1. The molecule has 1 aliphatic heterocycles. The first-order chi connectivity index (χ1) is 8.19. The van der Waals surface area contributed by atoms with Crippen LogP contribution in [0.1, 0.15) is 0 Å². The fourth-order valence-electron chi connectivity index (χ4n) is 1.35. The zero-order valence-electron chi connectivity index (χ0n) is 8.60. The molecule has 10 heteroatoms. The quantitative estimate of drug-likeness (QED) is 0.764. The first-order valence-corrected chi connectivity index (χ1v) is 7.19. The first kappa shape index (κ1) is 13.2. The second-order valence-corrected chi connectivity index (χ2v) is 6.56. The maximum atomic E-state index is 12.7. The van der Waals surface area contributed by atoms with Crippen LogP contribution in [0, 0.1) is 0 Å². The maximum Gasteiger partial charge on any atom is 0.608 e. The zero-order chi connectivity index (χ0) is 13.6. The number of nitrogens with zero attached hydrogens (tertiary/aromatic N) is 1. The Hall–Kier alpha value is -1.26. The van der Waals surface area contributed by atoms with Gasteiger partial charge in [-0.1, -0.05) is 0 Å². The summed E-state index contributed by atoms with van der Waals surface area (Å²) in [5.41, 5.74) is -4.40. The van der Waals surface area contributed by atoms with Crippen molar-refractivity contribution < 1.29 is 21.6 Å². The van der Waals surface area contributed by atoms with Gasteiger partial charge in [0.2, 0.25) is 14.9 Å². The Bertz CT molecular complexity index is 613. The van der Waals surface area contributed by atoms with Crippen LogP contribution < -0.4 is 10.5 Å². The van der Waals surface area contributed by atoms with E-state index in [0.717, 1.165) is 18.5 Å². The topological polar surface area (TPSA) is 84.6 Å². The molecule has 1 aromatic carbocycles. The molecule has 1 unspecified atom stereocenters. The van der Waals surface area contributed by atoms with Gasteiger partial charge < -0.3 is 5.32 Å². The van der Waals surface area contributed by atoms with Gasteiger partial charge >= 0.3 is 5.51 Å². The summed E-state index contributed by atoms with van der Waals surface area (Å²) in [6, 6.07) is 3.26. The zero-order valence-corrected chi connectivity index (χ0v) is 10.2. The Kier molecular flexibility index (Phi) is 3.03. The maximum absolute atomic E-state index is 12.7. The van der Waals surface area contributed by atoms with Crippen molar-refractivity contribution in [1.82, 2.24) is 0 Å². The van der Waals surface area contributed by atoms with Crippen LogP contribution in [0.3, 0.4) is 0 Å². The van der Waals surface area contributed by atoms with E-state index in [1.807, 2.05) is 0 Å². The molecule has 0 aromatic heterocycles. The largest absolute Gasteiger partial charge is 0.608 e. The van der Waals surface area contributed by atoms with Crippen LogP contribution in [0.25, 0.3) is 0 Å². The molecule has 0 saturated carbocycles. The summed E-state index contributed by atoms with van der Waals surface area (Å²) in [5, 5.41) is 7.40. The second kappa shape index (κ2) is 4.14. The summed E-state index contributed by atoms with van der Waals surface area (Å²) in [6.45, 7) is 0. The standard InChI is InChI=1S/C8H7F3N3O2S2/c9-8(10,11)17-7-3-5(18(12,15)16)1-2-6(7)13-4-14-17/h1-4H,(H,13,14)(H2,12,15,16)/q+1. The van der Waals surface area contributed by atoms with Gasteiger partial charge in [0.05, 0.1) is 10.6 Å². The van der Waals surface area contributed by atoms with E-state index in [1.165, 1.54) is 6.07 Å². The number of rotatable bonds is 1. The number of alkyl halides is 3. The van der Waals surface area contributed by atoms with Gasteiger partial charge in [-0.25, -0.2) is 13.6 Å². The van der Waals surface area contributed by atoms with E-state index in [2.05, 4.69) is 9.71 Å². The van der Waals surface area contributed by atoms with Crippen molar-refractivity contribution in [2.45, 2.75) is 15.3 Å². The molecule has 2 rings (SSSR count). The predicted octanol–water partition coefficient (Wildman–Crippen LogP) is 1.20. The molecule has 1 aromatic rings. The number of primary sulfonamides is 1. The Morgan fingerprint density at radius 1 is 1.33 bits per heavy atom. The van der Waals surface area contributed by atoms with E-state index in [0.29, 0.717) is 0 Å². The molecule has 1 heterocycles. The van der Waals surface area contributed by atoms with Gasteiger partial charge in [0, 0.05) is 6.07 Å². The number of benzene rings is 1. The molecule has 0 saturated heterocycles. The van der Waals surface area contributed by atoms with Gasteiger partial charge in [0.1, 0.15) is 6.34 Å². The molecule has 5 nitrogen and oxygen atoms in total. The molecule has 98 valence electrons. The lowest BCUT2D eigenvalue weighted by Crippen LogP contribution is -2.26. The lowest BCUT2D eigenvalue weighted by Gasteiger charge is -2.13. The fraction of sp³-hybridized carbons (Fsp3) is 0.125. The van der Waals surface area contributed by atoms with Gasteiger partial charge in [0.25, 0.3) is 11.1 Å². The Morgan fingerprint density at radius 2 is 2.00 bits per heavy atom. The van der Waals surface area contributed by atoms with Crippen LogP contribution in [-0.4, -0.2) is 20.3 Å². The molecule has 3 N–H and O–H groups in total. The van der Waals surface area contributed by atoms with E-state index in [-0.39, 0.29) is 15.5 Å². The third kappa shape index (κ3) is 2.44. The van der Waals surface area contributed by atoms with Crippen LogP contribution in [0.5, 0.6) is 0 Å². The van der Waals surface area contributed by atoms with Gasteiger partial charge in [0.15, 0.2) is 0 Å². The van der Waals surface area contributed by atoms with Crippen molar-refractivity contribution in [1.29, 1.82) is 0 Å². The highest BCUT2D eigenvalue weighted by Gasteiger charge is 2.56. The minimum Gasteiger partial charge on any atom is -0.338 e. The molecule has 0 radical (unpaired) electrons. The fourth-order valence-corrected chi connectivity index (χ4v) is 3.18. The highest BCUT2D eigenvalue weighted by atomic mass is 32.2. The normalized spacial score (nSPS) is 19.2.